The summed E-state index contributed by atoms with van der Waals surface area (Å²) < 4.78 is 0. The summed E-state index contributed by atoms with van der Waals surface area (Å²) >= 11 is 0. The normalized spacial score (nSPS) is 11.2. The van der Waals surface area contributed by atoms with Crippen molar-refractivity contribution >= 4 is 28.6 Å². The number of rotatable bonds is 8. The summed E-state index contributed by atoms with van der Waals surface area (Å²) in [6.07, 6.45) is 5.16. The van der Waals surface area contributed by atoms with Gasteiger partial charge in [0.2, 0.25) is 0 Å². The molecule has 1 heterocycles. The van der Waals surface area contributed by atoms with Crippen LogP contribution in [0.15, 0.2) is 54.7 Å². The van der Waals surface area contributed by atoms with E-state index in [-0.39, 0.29) is 11.3 Å². The highest BCUT2D eigenvalue weighted by Crippen LogP contribution is 2.22. The predicted molar refractivity (Wildman–Crippen MR) is 106 cm³/mol. The highest BCUT2D eigenvalue weighted by molar-refractivity contribution is 5.91. The van der Waals surface area contributed by atoms with Gasteiger partial charge in [-0.15, -0.1) is 0 Å². The Labute approximate surface area is 161 Å². The van der Waals surface area contributed by atoms with Crippen molar-refractivity contribution in [1.29, 1.82) is 0 Å². The van der Waals surface area contributed by atoms with E-state index in [1.807, 2.05) is 24.4 Å². The van der Waals surface area contributed by atoms with Crippen molar-refractivity contribution in [2.75, 3.05) is 6.54 Å². The molecule has 0 atom stereocenters. The van der Waals surface area contributed by atoms with Gasteiger partial charge in [0.15, 0.2) is 0 Å². The van der Waals surface area contributed by atoms with E-state index in [2.05, 4.69) is 16.4 Å². The maximum Gasteiger partial charge on any atom is 0.276 e. The molecule has 0 radical (unpaired) electrons. The molecule has 0 spiro atoms. The molecular weight excluding hydrogens is 360 g/mol. The molecule has 4 N–H and O–H groups in total. The lowest BCUT2D eigenvalue weighted by atomic mass is 10.1. The van der Waals surface area contributed by atoms with E-state index in [0.29, 0.717) is 6.54 Å². The zero-order chi connectivity index (χ0) is 19.9. The molecule has 3 aromatic rings. The maximum atomic E-state index is 11.3. The van der Waals surface area contributed by atoms with Crippen LogP contribution in [0.1, 0.15) is 16.7 Å². The largest absolute Gasteiger partial charge is 0.361 e. The lowest BCUT2D eigenvalue weighted by Crippen LogP contribution is -2.16. The van der Waals surface area contributed by atoms with Crippen LogP contribution in [-0.2, 0) is 17.8 Å². The molecule has 0 saturated carbocycles. The number of benzene rings is 2. The van der Waals surface area contributed by atoms with Gasteiger partial charge in [-0.2, -0.15) is 0 Å². The van der Waals surface area contributed by atoms with Crippen molar-refractivity contribution in [3.63, 3.8) is 0 Å². The lowest BCUT2D eigenvalue weighted by Gasteiger charge is -2.06. The van der Waals surface area contributed by atoms with Gasteiger partial charge in [-0.25, -0.2) is 5.48 Å². The molecule has 1 aromatic heterocycles. The van der Waals surface area contributed by atoms with Crippen LogP contribution in [0.3, 0.4) is 0 Å². The summed E-state index contributed by atoms with van der Waals surface area (Å²) in [5.74, 6) is -0.752. The Bertz CT molecular complexity index is 1030. The van der Waals surface area contributed by atoms with Gasteiger partial charge in [0.25, 0.3) is 11.6 Å². The van der Waals surface area contributed by atoms with Gasteiger partial charge in [-0.05, 0) is 42.3 Å². The first kappa shape index (κ1) is 19.3. The average Bonchev–Trinajstić information content (AvgIpc) is 3.12. The summed E-state index contributed by atoms with van der Waals surface area (Å²) in [6, 6.07) is 12.9. The molecule has 0 aliphatic heterocycles. The van der Waals surface area contributed by atoms with Gasteiger partial charge in [0.1, 0.15) is 0 Å². The number of hydrogen-bond acceptors (Lipinski definition) is 5. The number of nitro benzene ring substituents is 1. The Balaban J connectivity index is 1.61. The van der Waals surface area contributed by atoms with Crippen molar-refractivity contribution < 1.29 is 14.9 Å². The summed E-state index contributed by atoms with van der Waals surface area (Å²) in [7, 11) is 0. The molecule has 0 unspecified atom stereocenters. The summed E-state index contributed by atoms with van der Waals surface area (Å²) in [6.45, 7) is 1.22. The molecule has 8 nitrogen and oxygen atoms in total. The van der Waals surface area contributed by atoms with E-state index in [9.17, 15) is 14.9 Å². The number of aromatic amines is 1. The van der Waals surface area contributed by atoms with E-state index in [1.54, 1.807) is 12.1 Å². The van der Waals surface area contributed by atoms with Crippen LogP contribution in [0.2, 0.25) is 0 Å². The van der Waals surface area contributed by atoms with Gasteiger partial charge >= 0.3 is 0 Å². The third-order valence-electron chi connectivity index (χ3n) is 4.39. The van der Waals surface area contributed by atoms with E-state index in [0.717, 1.165) is 30.1 Å². The fraction of sp³-hybridized carbons (Fsp3) is 0.150. The van der Waals surface area contributed by atoms with E-state index in [4.69, 9.17) is 5.21 Å². The fourth-order valence-corrected chi connectivity index (χ4v) is 3.00. The molecule has 0 bridgehead atoms. The number of aromatic nitrogens is 1. The standard InChI is InChI=1S/C20H20N4O4/c25-20(23-26)8-7-15-6-5-14(11-19(15)24(27)28)12-21-10-9-16-13-22-18-4-2-1-3-17(16)18/h1-8,11,13,21-22,26H,9-10,12H2,(H,23,25)/b8-7+. The number of hydroxylamine groups is 1. The number of H-pyrrole nitrogens is 1. The number of amides is 1. The predicted octanol–water partition coefficient (Wildman–Crippen LogP) is 2.93. The molecule has 28 heavy (non-hydrogen) atoms. The van der Waals surface area contributed by atoms with Crippen LogP contribution in [-0.4, -0.2) is 27.6 Å². The quantitative estimate of drug-likeness (QED) is 0.157. The summed E-state index contributed by atoms with van der Waals surface area (Å²) in [4.78, 5) is 25.1. The molecule has 2 aromatic carbocycles. The lowest BCUT2D eigenvalue weighted by molar-refractivity contribution is -0.385. The number of nitrogens with one attached hydrogen (secondary N) is 3. The number of fused-ring (bicyclic) bond motifs is 1. The van der Waals surface area contributed by atoms with Gasteiger partial charge in [0, 0.05) is 35.8 Å². The monoisotopic (exact) mass is 380 g/mol. The van der Waals surface area contributed by atoms with E-state index >= 15 is 0 Å². The Morgan fingerprint density at radius 1 is 1.25 bits per heavy atom. The number of carbonyl (C=O) groups is 1. The topological polar surface area (TPSA) is 120 Å². The SMILES string of the molecule is O=C(/C=C/c1ccc(CNCCc2c[nH]c3ccccc23)cc1[N+](=O)[O-])NO. The Morgan fingerprint density at radius 3 is 2.86 bits per heavy atom. The molecule has 0 aliphatic carbocycles. The summed E-state index contributed by atoms with van der Waals surface area (Å²) in [5.41, 5.74) is 4.73. The van der Waals surface area contributed by atoms with Crippen molar-refractivity contribution in [3.05, 3.63) is 81.5 Å². The number of nitro groups is 1. The van der Waals surface area contributed by atoms with Crippen LogP contribution in [0.25, 0.3) is 17.0 Å². The molecule has 8 heteroatoms. The van der Waals surface area contributed by atoms with Crippen LogP contribution >= 0.6 is 0 Å². The highest BCUT2D eigenvalue weighted by atomic mass is 16.6. The Morgan fingerprint density at radius 2 is 2.07 bits per heavy atom. The van der Waals surface area contributed by atoms with Crippen molar-refractivity contribution in [3.8, 4) is 0 Å². The highest BCUT2D eigenvalue weighted by Gasteiger charge is 2.13. The molecule has 0 saturated heterocycles. The first-order valence-corrected chi connectivity index (χ1v) is 8.73. The first-order chi connectivity index (χ1) is 13.6. The van der Waals surface area contributed by atoms with Crippen molar-refractivity contribution in [2.24, 2.45) is 0 Å². The third kappa shape index (κ3) is 4.61. The van der Waals surface area contributed by atoms with Crippen LogP contribution < -0.4 is 10.8 Å². The Hall–Kier alpha value is -3.49. The van der Waals surface area contributed by atoms with Gasteiger partial charge < -0.3 is 10.3 Å². The van der Waals surface area contributed by atoms with E-state index < -0.39 is 10.8 Å². The average molecular weight is 380 g/mol. The number of hydrogen-bond donors (Lipinski definition) is 4. The molecule has 144 valence electrons. The minimum absolute atomic E-state index is 0.0991. The maximum absolute atomic E-state index is 11.3. The molecule has 0 aliphatic rings. The van der Waals surface area contributed by atoms with E-state index in [1.165, 1.54) is 28.6 Å². The number of para-hydroxylation sites is 1. The number of carbonyl (C=O) groups excluding carboxylic acids is 1. The first-order valence-electron chi connectivity index (χ1n) is 8.73. The zero-order valence-corrected chi connectivity index (χ0v) is 15.0. The van der Waals surface area contributed by atoms with Crippen LogP contribution in [0.4, 0.5) is 5.69 Å². The van der Waals surface area contributed by atoms with Crippen molar-refractivity contribution in [2.45, 2.75) is 13.0 Å². The molecule has 0 fully saturated rings. The minimum atomic E-state index is -0.752. The van der Waals surface area contributed by atoms with Gasteiger partial charge in [-0.3, -0.25) is 20.1 Å². The minimum Gasteiger partial charge on any atom is -0.361 e. The number of nitrogens with zero attached hydrogens (tertiary/aromatic N) is 1. The van der Waals surface area contributed by atoms with Crippen LogP contribution in [0, 0.1) is 10.1 Å². The second-order valence-corrected chi connectivity index (χ2v) is 6.25. The second kappa shape index (κ2) is 8.94. The molecule has 1 amide bonds. The van der Waals surface area contributed by atoms with Gasteiger partial charge in [0.05, 0.1) is 10.5 Å². The fourth-order valence-electron chi connectivity index (χ4n) is 3.00. The van der Waals surface area contributed by atoms with Gasteiger partial charge in [-0.1, -0.05) is 24.3 Å². The van der Waals surface area contributed by atoms with Crippen molar-refractivity contribution in [1.82, 2.24) is 15.8 Å². The third-order valence-corrected chi connectivity index (χ3v) is 4.39. The molecular formula is C20H20N4O4. The van der Waals surface area contributed by atoms with Crippen LogP contribution in [0.5, 0.6) is 0 Å². The molecule has 3 rings (SSSR count). The Kier molecular flexibility index (Phi) is 6.15. The smallest absolute Gasteiger partial charge is 0.276 e. The summed E-state index contributed by atoms with van der Waals surface area (Å²) in [5, 5.41) is 24.3. The second-order valence-electron chi connectivity index (χ2n) is 6.25. The zero-order valence-electron chi connectivity index (χ0n) is 15.0.